The van der Waals surface area contributed by atoms with Gasteiger partial charge in [-0.2, -0.15) is 0 Å². The van der Waals surface area contributed by atoms with E-state index < -0.39 is 9.84 Å². The van der Waals surface area contributed by atoms with E-state index in [-0.39, 0.29) is 29.9 Å². The zero-order chi connectivity index (χ0) is 22.4. The Hall–Kier alpha value is -2.14. The van der Waals surface area contributed by atoms with Crippen molar-refractivity contribution in [2.45, 2.75) is 44.2 Å². The van der Waals surface area contributed by atoms with Crippen molar-refractivity contribution in [1.29, 1.82) is 0 Å². The number of aryl methyl sites for hydroxylation is 1. The van der Waals surface area contributed by atoms with Crippen molar-refractivity contribution in [2.75, 3.05) is 24.7 Å². The second-order valence-electron chi connectivity index (χ2n) is 7.82. The van der Waals surface area contributed by atoms with E-state index in [1.165, 1.54) is 6.26 Å². The van der Waals surface area contributed by atoms with Crippen LogP contribution in [0.3, 0.4) is 0 Å². The van der Waals surface area contributed by atoms with Gasteiger partial charge in [0.15, 0.2) is 15.8 Å². The smallest absolute Gasteiger partial charge is 0.226 e. The van der Waals surface area contributed by atoms with E-state index in [0.717, 1.165) is 41.8 Å². The highest BCUT2D eigenvalue weighted by atomic mass is 127. The number of carbonyl (C=O) groups is 1. The lowest BCUT2D eigenvalue weighted by Crippen LogP contribution is -2.36. The van der Waals surface area contributed by atoms with Gasteiger partial charge in [-0.25, -0.2) is 8.42 Å². The average Bonchev–Trinajstić information content (AvgIpc) is 2.74. The molecule has 32 heavy (non-hydrogen) atoms. The molecule has 3 rings (SSSR count). The lowest BCUT2D eigenvalue weighted by molar-refractivity contribution is -0.119. The summed E-state index contributed by atoms with van der Waals surface area (Å²) >= 11 is 0. The van der Waals surface area contributed by atoms with Gasteiger partial charge >= 0.3 is 0 Å². The highest BCUT2D eigenvalue weighted by Gasteiger charge is 2.19. The maximum atomic E-state index is 12.1. The van der Waals surface area contributed by atoms with Gasteiger partial charge in [-0.1, -0.05) is 24.3 Å². The number of hydrogen-bond donors (Lipinski definition) is 2. The number of hydrogen-bond acceptors (Lipinski definition) is 4. The number of benzene rings is 2. The van der Waals surface area contributed by atoms with E-state index in [9.17, 15) is 13.2 Å². The van der Waals surface area contributed by atoms with Gasteiger partial charge in [-0.15, -0.1) is 24.0 Å². The molecule has 0 bridgehead atoms. The number of nitrogens with one attached hydrogen (secondary N) is 2. The van der Waals surface area contributed by atoms with Gasteiger partial charge in [0.05, 0.1) is 4.90 Å². The van der Waals surface area contributed by atoms with Crippen LogP contribution < -0.4 is 15.5 Å². The van der Waals surface area contributed by atoms with Crippen molar-refractivity contribution >= 4 is 51.4 Å². The molecule has 1 aliphatic heterocycles. The molecule has 0 atom stereocenters. The molecule has 2 aromatic carbocycles. The predicted molar refractivity (Wildman–Crippen MR) is 139 cm³/mol. The second-order valence-corrected chi connectivity index (χ2v) is 9.80. The van der Waals surface area contributed by atoms with E-state index in [0.29, 0.717) is 30.4 Å². The Morgan fingerprint density at radius 3 is 2.22 bits per heavy atom. The lowest BCUT2D eigenvalue weighted by atomic mass is 10.1. The van der Waals surface area contributed by atoms with Gasteiger partial charge < -0.3 is 15.5 Å². The summed E-state index contributed by atoms with van der Waals surface area (Å²) in [5.41, 5.74) is 3.74. The van der Waals surface area contributed by atoms with Crippen LogP contribution in [0, 0.1) is 6.92 Å². The largest absolute Gasteiger partial charge is 0.352 e. The van der Waals surface area contributed by atoms with Crippen LogP contribution in [0.25, 0.3) is 0 Å². The highest BCUT2D eigenvalue weighted by molar-refractivity contribution is 14.0. The van der Waals surface area contributed by atoms with E-state index in [4.69, 9.17) is 0 Å². The Labute approximate surface area is 207 Å². The summed E-state index contributed by atoms with van der Waals surface area (Å²) < 4.78 is 23.5. The molecule has 2 N–H and O–H groups in total. The first-order valence-corrected chi connectivity index (χ1v) is 12.3. The number of sulfone groups is 1. The maximum Gasteiger partial charge on any atom is 0.226 e. The SMILES string of the molecule is CN=C(NCc1ccc(N2CCCCC2=O)cc1)NCc1ccc(S(C)(=O)=O)c(C)c1.I. The molecule has 2 aromatic rings. The lowest BCUT2D eigenvalue weighted by Gasteiger charge is -2.26. The van der Waals surface area contributed by atoms with Crippen molar-refractivity contribution in [3.05, 3.63) is 59.2 Å². The fourth-order valence-corrected chi connectivity index (χ4v) is 4.66. The normalized spacial score (nSPS) is 14.7. The number of rotatable bonds is 6. The second kappa shape index (κ2) is 11.6. The van der Waals surface area contributed by atoms with E-state index in [1.54, 1.807) is 20.0 Å². The van der Waals surface area contributed by atoms with Crippen molar-refractivity contribution in [1.82, 2.24) is 10.6 Å². The van der Waals surface area contributed by atoms with E-state index in [2.05, 4.69) is 15.6 Å². The van der Waals surface area contributed by atoms with Crippen LogP contribution in [-0.2, 0) is 27.7 Å². The van der Waals surface area contributed by atoms with Crippen LogP contribution in [0.15, 0.2) is 52.4 Å². The first-order valence-electron chi connectivity index (χ1n) is 10.4. The van der Waals surface area contributed by atoms with Crippen molar-refractivity contribution in [2.24, 2.45) is 4.99 Å². The minimum atomic E-state index is -3.22. The first-order chi connectivity index (χ1) is 14.8. The number of carbonyl (C=O) groups excluding carboxylic acids is 1. The van der Waals surface area contributed by atoms with Gasteiger partial charge in [0.1, 0.15) is 0 Å². The molecule has 1 amide bonds. The summed E-state index contributed by atoms with van der Waals surface area (Å²) in [6, 6.07) is 13.3. The summed E-state index contributed by atoms with van der Waals surface area (Å²) in [5.74, 6) is 0.849. The van der Waals surface area contributed by atoms with E-state index >= 15 is 0 Å². The Bertz CT molecular complexity index is 1070. The van der Waals surface area contributed by atoms with Gasteiger partial charge in [0, 0.05) is 45.0 Å². The molecule has 0 spiro atoms. The van der Waals surface area contributed by atoms with Gasteiger partial charge in [-0.05, 0) is 54.7 Å². The molecule has 0 aliphatic carbocycles. The van der Waals surface area contributed by atoms with Crippen LogP contribution in [-0.4, -0.2) is 40.1 Å². The summed E-state index contributed by atoms with van der Waals surface area (Å²) in [5, 5.41) is 6.52. The minimum Gasteiger partial charge on any atom is -0.352 e. The first kappa shape index (κ1) is 26.1. The standard InChI is InChI=1S/C23H30N4O3S.HI/c1-17-14-19(9-12-21(17)31(3,29)30)16-26-23(24-2)25-15-18-7-10-20(11-8-18)27-13-5-4-6-22(27)28;/h7-12,14H,4-6,13,15-16H2,1-3H3,(H2,24,25,26);1H. The average molecular weight is 570 g/mol. The quantitative estimate of drug-likeness (QED) is 0.316. The maximum absolute atomic E-state index is 12.1. The molecule has 0 saturated carbocycles. The Balaban J connectivity index is 0.00000363. The summed E-state index contributed by atoms with van der Waals surface area (Å²) in [6.45, 7) is 3.71. The summed E-state index contributed by atoms with van der Waals surface area (Å²) in [7, 11) is -1.51. The molecule has 7 nitrogen and oxygen atoms in total. The molecule has 9 heteroatoms. The molecule has 174 valence electrons. The predicted octanol–water partition coefficient (Wildman–Crippen LogP) is 3.40. The molecular formula is C23H31IN4O3S. The minimum absolute atomic E-state index is 0. The van der Waals surface area contributed by atoms with Gasteiger partial charge in [-0.3, -0.25) is 9.79 Å². The number of halogens is 1. The monoisotopic (exact) mass is 570 g/mol. The Kier molecular flexibility index (Phi) is 9.50. The summed E-state index contributed by atoms with van der Waals surface area (Å²) in [6.07, 6.45) is 3.87. The van der Waals surface area contributed by atoms with Crippen molar-refractivity contribution in [3.63, 3.8) is 0 Å². The third-order valence-electron chi connectivity index (χ3n) is 5.35. The van der Waals surface area contributed by atoms with Crippen LogP contribution in [0.5, 0.6) is 0 Å². The van der Waals surface area contributed by atoms with Crippen LogP contribution in [0.2, 0.25) is 0 Å². The van der Waals surface area contributed by atoms with Crippen LogP contribution in [0.1, 0.15) is 36.0 Å². The number of piperidine rings is 1. The molecule has 0 aromatic heterocycles. The number of anilines is 1. The fourth-order valence-electron chi connectivity index (χ4n) is 3.70. The topological polar surface area (TPSA) is 90.9 Å². The molecule has 1 saturated heterocycles. The zero-order valence-electron chi connectivity index (χ0n) is 18.7. The number of aliphatic imine (C=N–C) groups is 1. The zero-order valence-corrected chi connectivity index (χ0v) is 21.9. The third-order valence-corrected chi connectivity index (χ3v) is 6.61. The van der Waals surface area contributed by atoms with Gasteiger partial charge in [0.25, 0.3) is 0 Å². The molecule has 0 unspecified atom stereocenters. The Morgan fingerprint density at radius 1 is 1.03 bits per heavy atom. The number of nitrogens with zero attached hydrogens (tertiary/aromatic N) is 2. The molecule has 1 fully saturated rings. The van der Waals surface area contributed by atoms with Crippen LogP contribution in [0.4, 0.5) is 5.69 Å². The number of guanidine groups is 1. The van der Waals surface area contributed by atoms with Gasteiger partial charge in [0.2, 0.25) is 5.91 Å². The molecule has 1 heterocycles. The van der Waals surface area contributed by atoms with Crippen molar-refractivity contribution < 1.29 is 13.2 Å². The molecule has 0 radical (unpaired) electrons. The third kappa shape index (κ3) is 6.93. The highest BCUT2D eigenvalue weighted by Crippen LogP contribution is 2.21. The molecule has 1 aliphatic rings. The molecular weight excluding hydrogens is 539 g/mol. The fraction of sp³-hybridized carbons (Fsp3) is 0.391. The van der Waals surface area contributed by atoms with Crippen molar-refractivity contribution in [3.8, 4) is 0 Å². The Morgan fingerprint density at radius 2 is 1.66 bits per heavy atom. The summed E-state index contributed by atoms with van der Waals surface area (Å²) in [4.78, 5) is 18.5. The van der Waals surface area contributed by atoms with Crippen LogP contribution >= 0.6 is 24.0 Å². The van der Waals surface area contributed by atoms with E-state index in [1.807, 2.05) is 41.3 Å². The number of amides is 1.